The summed E-state index contributed by atoms with van der Waals surface area (Å²) in [4.78, 5) is 12.6. The van der Waals surface area contributed by atoms with Crippen molar-refractivity contribution in [2.24, 2.45) is 0 Å². The fraction of sp³-hybridized carbons (Fsp3) is 0.143. The lowest BCUT2D eigenvalue weighted by Crippen LogP contribution is -2.16. The predicted molar refractivity (Wildman–Crippen MR) is 74.4 cm³/mol. The molecule has 19 heavy (non-hydrogen) atoms. The van der Waals surface area contributed by atoms with Crippen LogP contribution < -0.4 is 5.76 Å². The summed E-state index contributed by atoms with van der Waals surface area (Å²) in [5, 5.41) is 6.14. The molecule has 4 nitrogen and oxygen atoms in total. The molecule has 0 radical (unpaired) electrons. The van der Waals surface area contributed by atoms with Crippen molar-refractivity contribution in [1.29, 1.82) is 0 Å². The molecule has 1 aromatic carbocycles. The molecule has 0 N–H and O–H groups in total. The van der Waals surface area contributed by atoms with Crippen molar-refractivity contribution >= 4 is 11.3 Å². The minimum Gasteiger partial charge on any atom is -0.387 e. The summed E-state index contributed by atoms with van der Waals surface area (Å²) in [6.07, 6.45) is 0. The number of nitrogens with zero attached hydrogens (tertiary/aromatic N) is 2. The van der Waals surface area contributed by atoms with E-state index in [1.807, 2.05) is 48.7 Å². The molecule has 0 fully saturated rings. The molecule has 0 saturated heterocycles. The van der Waals surface area contributed by atoms with Crippen molar-refractivity contribution in [1.82, 2.24) is 9.78 Å². The van der Waals surface area contributed by atoms with Gasteiger partial charge in [0.2, 0.25) is 0 Å². The number of benzene rings is 1. The van der Waals surface area contributed by atoms with Crippen molar-refractivity contribution in [3.63, 3.8) is 0 Å². The van der Waals surface area contributed by atoms with Crippen molar-refractivity contribution in [3.8, 4) is 10.8 Å². The van der Waals surface area contributed by atoms with Gasteiger partial charge in [-0.15, -0.1) is 16.4 Å². The first kappa shape index (κ1) is 11.9. The maximum absolute atomic E-state index is 11.7. The standard InChI is InChI=1S/C14H12N2O2S/c1-10-4-6-11(7-5-10)9-16-14(17)18-13(15-16)12-3-2-8-19-12/h2-8H,9H2,1H3. The molecule has 2 aromatic heterocycles. The Balaban J connectivity index is 1.90. The Labute approximate surface area is 113 Å². The van der Waals surface area contributed by atoms with Gasteiger partial charge >= 0.3 is 5.76 Å². The fourth-order valence-electron chi connectivity index (χ4n) is 1.77. The highest BCUT2D eigenvalue weighted by molar-refractivity contribution is 7.13. The van der Waals surface area contributed by atoms with E-state index < -0.39 is 5.76 Å². The summed E-state index contributed by atoms with van der Waals surface area (Å²) in [6, 6.07) is 11.8. The molecule has 96 valence electrons. The number of rotatable bonds is 3. The quantitative estimate of drug-likeness (QED) is 0.736. The minimum absolute atomic E-state index is 0.382. The maximum atomic E-state index is 11.7. The van der Waals surface area contributed by atoms with Gasteiger partial charge in [-0.3, -0.25) is 0 Å². The van der Waals surface area contributed by atoms with Gasteiger partial charge in [-0.05, 0) is 23.9 Å². The van der Waals surface area contributed by atoms with Gasteiger partial charge in [0, 0.05) is 0 Å². The van der Waals surface area contributed by atoms with Crippen LogP contribution in [0.2, 0.25) is 0 Å². The topological polar surface area (TPSA) is 48.0 Å². The molecular weight excluding hydrogens is 260 g/mol. The van der Waals surface area contributed by atoms with Gasteiger partial charge in [-0.25, -0.2) is 4.79 Å². The van der Waals surface area contributed by atoms with Crippen molar-refractivity contribution in [2.75, 3.05) is 0 Å². The Morgan fingerprint density at radius 3 is 2.74 bits per heavy atom. The highest BCUT2D eigenvalue weighted by atomic mass is 32.1. The first-order chi connectivity index (χ1) is 9.22. The van der Waals surface area contributed by atoms with E-state index in [1.165, 1.54) is 21.6 Å². The van der Waals surface area contributed by atoms with Gasteiger partial charge < -0.3 is 4.42 Å². The second kappa shape index (κ2) is 4.85. The maximum Gasteiger partial charge on any atom is 0.437 e. The zero-order chi connectivity index (χ0) is 13.2. The number of hydrogen-bond acceptors (Lipinski definition) is 4. The number of aromatic nitrogens is 2. The Hall–Kier alpha value is -2.14. The van der Waals surface area contributed by atoms with E-state index in [1.54, 1.807) is 0 Å². The van der Waals surface area contributed by atoms with Crippen molar-refractivity contribution < 1.29 is 4.42 Å². The highest BCUT2D eigenvalue weighted by Gasteiger charge is 2.11. The highest BCUT2D eigenvalue weighted by Crippen LogP contribution is 2.21. The summed E-state index contributed by atoms with van der Waals surface area (Å²) in [6.45, 7) is 2.45. The Bertz CT molecular complexity index is 724. The molecule has 0 aliphatic rings. The fourth-order valence-corrected chi connectivity index (χ4v) is 2.42. The predicted octanol–water partition coefficient (Wildman–Crippen LogP) is 2.92. The lowest BCUT2D eigenvalue weighted by Gasteiger charge is -1.99. The molecule has 0 unspecified atom stereocenters. The second-order valence-electron chi connectivity index (χ2n) is 4.29. The van der Waals surface area contributed by atoms with Gasteiger partial charge in [-0.1, -0.05) is 35.9 Å². The lowest BCUT2D eigenvalue weighted by atomic mass is 10.1. The van der Waals surface area contributed by atoms with E-state index in [2.05, 4.69) is 5.10 Å². The van der Waals surface area contributed by atoms with Crippen LogP contribution >= 0.6 is 11.3 Å². The molecule has 3 aromatic rings. The molecule has 5 heteroatoms. The lowest BCUT2D eigenvalue weighted by molar-refractivity contribution is 0.495. The van der Waals surface area contributed by atoms with E-state index in [-0.39, 0.29) is 0 Å². The first-order valence-electron chi connectivity index (χ1n) is 5.90. The largest absolute Gasteiger partial charge is 0.437 e. The molecule has 0 amide bonds. The number of aryl methyl sites for hydroxylation is 1. The number of thiophene rings is 1. The smallest absolute Gasteiger partial charge is 0.387 e. The molecule has 2 heterocycles. The van der Waals surface area contributed by atoms with Crippen LogP contribution in [0.3, 0.4) is 0 Å². The monoisotopic (exact) mass is 272 g/mol. The van der Waals surface area contributed by atoms with E-state index >= 15 is 0 Å². The van der Waals surface area contributed by atoms with Crippen LogP contribution in [0.5, 0.6) is 0 Å². The van der Waals surface area contributed by atoms with Crippen LogP contribution in [0.4, 0.5) is 0 Å². The summed E-state index contributed by atoms with van der Waals surface area (Å²) in [5.74, 6) is -0.0453. The molecule has 0 aliphatic heterocycles. The molecular formula is C14H12N2O2S. The van der Waals surface area contributed by atoms with Gasteiger partial charge in [0.1, 0.15) is 0 Å². The Morgan fingerprint density at radius 2 is 2.05 bits per heavy atom. The third-order valence-corrected chi connectivity index (χ3v) is 3.65. The average molecular weight is 272 g/mol. The van der Waals surface area contributed by atoms with E-state index in [0.29, 0.717) is 12.4 Å². The van der Waals surface area contributed by atoms with Gasteiger partial charge in [0.25, 0.3) is 5.89 Å². The van der Waals surface area contributed by atoms with Crippen LogP contribution in [0, 0.1) is 6.92 Å². The summed E-state index contributed by atoms with van der Waals surface area (Å²) in [7, 11) is 0. The SMILES string of the molecule is Cc1ccc(Cn2nc(-c3cccs3)oc2=O)cc1. The van der Waals surface area contributed by atoms with Crippen LogP contribution in [-0.2, 0) is 6.54 Å². The zero-order valence-corrected chi connectivity index (χ0v) is 11.2. The van der Waals surface area contributed by atoms with Gasteiger partial charge in [0.15, 0.2) is 0 Å². The van der Waals surface area contributed by atoms with Crippen LogP contribution in [0.25, 0.3) is 10.8 Å². The van der Waals surface area contributed by atoms with Crippen molar-refractivity contribution in [3.05, 3.63) is 63.5 Å². The molecule has 0 atom stereocenters. The summed E-state index contributed by atoms with van der Waals surface area (Å²) >= 11 is 1.50. The number of hydrogen-bond donors (Lipinski definition) is 0. The molecule has 0 spiro atoms. The molecule has 0 aliphatic carbocycles. The summed E-state index contributed by atoms with van der Waals surface area (Å²) < 4.78 is 6.51. The third-order valence-electron chi connectivity index (χ3n) is 2.79. The van der Waals surface area contributed by atoms with Crippen LogP contribution in [0.1, 0.15) is 11.1 Å². The van der Waals surface area contributed by atoms with E-state index in [9.17, 15) is 4.79 Å². The molecule has 0 bridgehead atoms. The normalized spacial score (nSPS) is 10.8. The second-order valence-corrected chi connectivity index (χ2v) is 5.24. The zero-order valence-electron chi connectivity index (χ0n) is 10.4. The van der Waals surface area contributed by atoms with Crippen LogP contribution in [0.15, 0.2) is 51.0 Å². The van der Waals surface area contributed by atoms with E-state index in [4.69, 9.17) is 4.42 Å². The third kappa shape index (κ3) is 2.51. The van der Waals surface area contributed by atoms with Gasteiger partial charge in [-0.2, -0.15) is 4.68 Å². The Kier molecular flexibility index (Phi) is 3.05. The van der Waals surface area contributed by atoms with Gasteiger partial charge in [0.05, 0.1) is 11.4 Å². The summed E-state index contributed by atoms with van der Waals surface area (Å²) in [5.41, 5.74) is 2.22. The van der Waals surface area contributed by atoms with Crippen LogP contribution in [-0.4, -0.2) is 9.78 Å². The molecule has 3 rings (SSSR count). The first-order valence-corrected chi connectivity index (χ1v) is 6.78. The Morgan fingerprint density at radius 1 is 1.26 bits per heavy atom. The van der Waals surface area contributed by atoms with Crippen molar-refractivity contribution in [2.45, 2.75) is 13.5 Å². The minimum atomic E-state index is -0.427. The van der Waals surface area contributed by atoms with E-state index in [0.717, 1.165) is 10.4 Å². The molecule has 0 saturated carbocycles. The average Bonchev–Trinajstić information content (AvgIpc) is 3.03.